The molecule has 16 heavy (non-hydrogen) atoms. The maximum absolute atomic E-state index is 5.87. The molecule has 0 aliphatic carbocycles. The molecular formula is C13H13ClN2. The van der Waals surface area contributed by atoms with Crippen LogP contribution < -0.4 is 0 Å². The number of hydrogen-bond acceptors (Lipinski definition) is 2. The molecule has 0 bridgehead atoms. The van der Waals surface area contributed by atoms with Gasteiger partial charge in [0, 0.05) is 23.0 Å². The van der Waals surface area contributed by atoms with Crippen LogP contribution in [0.5, 0.6) is 0 Å². The Bertz CT molecular complexity index is 478. The van der Waals surface area contributed by atoms with E-state index in [1.807, 2.05) is 24.3 Å². The SMILES string of the molecule is CC(C)c1nccnc1-c1ccc(Cl)cc1. The van der Waals surface area contributed by atoms with Gasteiger partial charge in [-0.3, -0.25) is 9.97 Å². The zero-order valence-electron chi connectivity index (χ0n) is 9.31. The van der Waals surface area contributed by atoms with E-state index in [-0.39, 0.29) is 0 Å². The fourth-order valence-electron chi connectivity index (χ4n) is 1.60. The normalized spacial score (nSPS) is 10.8. The van der Waals surface area contributed by atoms with Crippen molar-refractivity contribution in [3.05, 3.63) is 47.4 Å². The summed E-state index contributed by atoms with van der Waals surface area (Å²) in [5, 5.41) is 0.735. The largest absolute Gasteiger partial charge is 0.257 e. The summed E-state index contributed by atoms with van der Waals surface area (Å²) in [6, 6.07) is 7.68. The highest BCUT2D eigenvalue weighted by Gasteiger charge is 2.10. The molecule has 0 saturated carbocycles. The van der Waals surface area contributed by atoms with E-state index in [0.717, 1.165) is 22.0 Å². The third-order valence-corrected chi connectivity index (χ3v) is 2.64. The second kappa shape index (κ2) is 4.62. The van der Waals surface area contributed by atoms with E-state index >= 15 is 0 Å². The molecular weight excluding hydrogens is 220 g/mol. The second-order valence-corrected chi connectivity index (χ2v) is 4.39. The van der Waals surface area contributed by atoms with E-state index in [9.17, 15) is 0 Å². The molecule has 0 spiro atoms. The molecule has 0 aliphatic rings. The first kappa shape index (κ1) is 11.1. The van der Waals surface area contributed by atoms with Crippen LogP contribution in [0.3, 0.4) is 0 Å². The number of hydrogen-bond donors (Lipinski definition) is 0. The van der Waals surface area contributed by atoms with Crippen LogP contribution in [0, 0.1) is 0 Å². The zero-order chi connectivity index (χ0) is 11.5. The Labute approximate surface area is 100 Å². The fourth-order valence-corrected chi connectivity index (χ4v) is 1.73. The predicted molar refractivity (Wildman–Crippen MR) is 66.6 cm³/mol. The highest BCUT2D eigenvalue weighted by molar-refractivity contribution is 6.30. The van der Waals surface area contributed by atoms with Gasteiger partial charge in [-0.25, -0.2) is 0 Å². The van der Waals surface area contributed by atoms with Crippen LogP contribution in [0.15, 0.2) is 36.7 Å². The molecule has 2 rings (SSSR count). The van der Waals surface area contributed by atoms with Gasteiger partial charge in [-0.05, 0) is 18.1 Å². The molecule has 0 radical (unpaired) electrons. The maximum atomic E-state index is 5.87. The monoisotopic (exact) mass is 232 g/mol. The summed E-state index contributed by atoms with van der Waals surface area (Å²) in [6.45, 7) is 4.23. The molecule has 0 saturated heterocycles. The Balaban J connectivity index is 2.51. The van der Waals surface area contributed by atoms with Crippen molar-refractivity contribution in [2.75, 3.05) is 0 Å². The first-order chi connectivity index (χ1) is 7.68. The van der Waals surface area contributed by atoms with Crippen molar-refractivity contribution in [1.82, 2.24) is 9.97 Å². The van der Waals surface area contributed by atoms with E-state index in [0.29, 0.717) is 5.92 Å². The number of benzene rings is 1. The molecule has 3 heteroatoms. The summed E-state index contributed by atoms with van der Waals surface area (Å²) < 4.78 is 0. The minimum Gasteiger partial charge on any atom is -0.257 e. The minimum absolute atomic E-state index is 0.361. The third kappa shape index (κ3) is 2.22. The van der Waals surface area contributed by atoms with E-state index < -0.39 is 0 Å². The van der Waals surface area contributed by atoms with Crippen LogP contribution in [0.1, 0.15) is 25.5 Å². The smallest absolute Gasteiger partial charge is 0.0919 e. The van der Waals surface area contributed by atoms with Crippen molar-refractivity contribution in [3.8, 4) is 11.3 Å². The topological polar surface area (TPSA) is 25.8 Å². The standard InChI is InChI=1S/C13H13ClN2/c1-9(2)12-13(16-8-7-15-12)10-3-5-11(14)6-4-10/h3-9H,1-2H3. The van der Waals surface area contributed by atoms with Gasteiger partial charge in [-0.1, -0.05) is 37.6 Å². The van der Waals surface area contributed by atoms with Gasteiger partial charge < -0.3 is 0 Å². The van der Waals surface area contributed by atoms with Crippen molar-refractivity contribution in [3.63, 3.8) is 0 Å². The molecule has 0 amide bonds. The maximum Gasteiger partial charge on any atom is 0.0919 e. The Morgan fingerprint density at radius 3 is 2.25 bits per heavy atom. The Morgan fingerprint density at radius 2 is 1.62 bits per heavy atom. The van der Waals surface area contributed by atoms with Gasteiger partial charge in [-0.2, -0.15) is 0 Å². The third-order valence-electron chi connectivity index (χ3n) is 2.39. The van der Waals surface area contributed by atoms with Crippen LogP contribution in [-0.2, 0) is 0 Å². The van der Waals surface area contributed by atoms with Gasteiger partial charge in [0.05, 0.1) is 11.4 Å². The molecule has 1 aromatic carbocycles. The summed E-state index contributed by atoms with van der Waals surface area (Å²) in [6.07, 6.45) is 3.45. The van der Waals surface area contributed by atoms with E-state index in [1.54, 1.807) is 12.4 Å². The minimum atomic E-state index is 0.361. The van der Waals surface area contributed by atoms with E-state index in [1.165, 1.54) is 0 Å². The molecule has 0 fully saturated rings. The summed E-state index contributed by atoms with van der Waals surface area (Å²) in [7, 11) is 0. The zero-order valence-corrected chi connectivity index (χ0v) is 10.1. The molecule has 82 valence electrons. The lowest BCUT2D eigenvalue weighted by atomic mass is 10.0. The van der Waals surface area contributed by atoms with Gasteiger partial charge in [-0.15, -0.1) is 0 Å². The van der Waals surface area contributed by atoms with Crippen LogP contribution >= 0.6 is 11.6 Å². The number of rotatable bonds is 2. The van der Waals surface area contributed by atoms with Gasteiger partial charge in [0.2, 0.25) is 0 Å². The van der Waals surface area contributed by atoms with Gasteiger partial charge in [0.25, 0.3) is 0 Å². The number of aromatic nitrogens is 2. The Morgan fingerprint density at radius 1 is 1.00 bits per heavy atom. The van der Waals surface area contributed by atoms with Crippen molar-refractivity contribution >= 4 is 11.6 Å². The average molecular weight is 233 g/mol. The highest BCUT2D eigenvalue weighted by atomic mass is 35.5. The van der Waals surface area contributed by atoms with Crippen LogP contribution in [-0.4, -0.2) is 9.97 Å². The van der Waals surface area contributed by atoms with Crippen molar-refractivity contribution < 1.29 is 0 Å². The second-order valence-electron chi connectivity index (χ2n) is 3.95. The van der Waals surface area contributed by atoms with Gasteiger partial charge in [0.15, 0.2) is 0 Å². The van der Waals surface area contributed by atoms with Crippen molar-refractivity contribution in [2.24, 2.45) is 0 Å². The van der Waals surface area contributed by atoms with Gasteiger partial charge in [0.1, 0.15) is 0 Å². The molecule has 0 atom stereocenters. The molecule has 0 aliphatic heterocycles. The average Bonchev–Trinajstić information content (AvgIpc) is 2.30. The molecule has 1 aromatic heterocycles. The molecule has 1 heterocycles. The molecule has 2 nitrogen and oxygen atoms in total. The first-order valence-corrected chi connectivity index (χ1v) is 5.63. The van der Waals surface area contributed by atoms with Gasteiger partial charge >= 0.3 is 0 Å². The van der Waals surface area contributed by atoms with E-state index in [4.69, 9.17) is 11.6 Å². The summed E-state index contributed by atoms with van der Waals surface area (Å²) in [5.74, 6) is 0.361. The van der Waals surface area contributed by atoms with Crippen LogP contribution in [0.25, 0.3) is 11.3 Å². The molecule has 2 aromatic rings. The number of halogens is 1. The van der Waals surface area contributed by atoms with Crippen molar-refractivity contribution in [1.29, 1.82) is 0 Å². The lowest BCUT2D eigenvalue weighted by Gasteiger charge is -2.09. The molecule has 0 N–H and O–H groups in total. The lowest BCUT2D eigenvalue weighted by molar-refractivity contribution is 0.816. The van der Waals surface area contributed by atoms with Crippen molar-refractivity contribution in [2.45, 2.75) is 19.8 Å². The quantitative estimate of drug-likeness (QED) is 0.784. The lowest BCUT2D eigenvalue weighted by Crippen LogP contribution is -1.98. The predicted octanol–water partition coefficient (Wildman–Crippen LogP) is 3.92. The first-order valence-electron chi connectivity index (χ1n) is 5.25. The van der Waals surface area contributed by atoms with Crippen LogP contribution in [0.2, 0.25) is 5.02 Å². The summed E-state index contributed by atoms with van der Waals surface area (Å²) in [4.78, 5) is 8.78. The van der Waals surface area contributed by atoms with Crippen LogP contribution in [0.4, 0.5) is 0 Å². The Kier molecular flexibility index (Phi) is 3.20. The summed E-state index contributed by atoms with van der Waals surface area (Å²) in [5.41, 5.74) is 3.01. The fraction of sp³-hybridized carbons (Fsp3) is 0.231. The summed E-state index contributed by atoms with van der Waals surface area (Å²) >= 11 is 5.87. The number of nitrogens with zero attached hydrogens (tertiary/aromatic N) is 2. The Hall–Kier alpha value is -1.41. The van der Waals surface area contributed by atoms with E-state index in [2.05, 4.69) is 23.8 Å². The highest BCUT2D eigenvalue weighted by Crippen LogP contribution is 2.25. The molecule has 0 unspecified atom stereocenters.